The Morgan fingerprint density at radius 1 is 0.805 bits per heavy atom. The number of anilines is 1. The summed E-state index contributed by atoms with van der Waals surface area (Å²) in [6.07, 6.45) is 0.519. The number of rotatable bonds is 13. The smallest absolute Gasteiger partial charge is 0.409 e. The molecule has 4 amide bonds. The van der Waals surface area contributed by atoms with Gasteiger partial charge >= 0.3 is 12.2 Å². The minimum Gasteiger partial charge on any atom is -0.426 e. The van der Waals surface area contributed by atoms with Crippen LogP contribution in [-0.4, -0.2) is 54.4 Å². The molecule has 3 rings (SSSR count). The van der Waals surface area contributed by atoms with Crippen LogP contribution in [0.4, 0.5) is 15.3 Å². The van der Waals surface area contributed by atoms with E-state index in [0.717, 1.165) is 31.2 Å². The van der Waals surface area contributed by atoms with E-state index in [1.165, 1.54) is 4.90 Å². The molecule has 3 atom stereocenters. The number of hydrogen-bond acceptors (Lipinski definition) is 7. The number of carbonyl (C=O) groups is 4. The molecule has 0 aromatic heterocycles. The molecular weight excluding hydrogens is 524 g/mol. The van der Waals surface area contributed by atoms with Crippen molar-refractivity contribution in [1.29, 1.82) is 0 Å². The lowest BCUT2D eigenvalue weighted by molar-refractivity contribution is 0.0549. The Hall–Kier alpha value is -4.08. The molecule has 1 aliphatic heterocycles. The lowest BCUT2D eigenvalue weighted by Crippen LogP contribution is -2.48. The molecule has 10 nitrogen and oxygen atoms in total. The van der Waals surface area contributed by atoms with E-state index in [9.17, 15) is 19.2 Å². The average Bonchev–Trinajstić information content (AvgIpc) is 3.19. The van der Waals surface area contributed by atoms with E-state index in [-0.39, 0.29) is 11.8 Å². The summed E-state index contributed by atoms with van der Waals surface area (Å²) in [4.78, 5) is 54.9. The predicted molar refractivity (Wildman–Crippen MR) is 157 cm³/mol. The van der Waals surface area contributed by atoms with Crippen molar-refractivity contribution >= 4 is 29.7 Å². The zero-order valence-corrected chi connectivity index (χ0v) is 24.9. The highest BCUT2D eigenvalue weighted by Crippen LogP contribution is 2.38. The fraction of sp³-hybridized carbons (Fsp3) is 0.484. The molecule has 0 spiro atoms. The molecule has 10 heteroatoms. The quantitative estimate of drug-likeness (QED) is 0.176. The topological polar surface area (TPSA) is 117 Å². The van der Waals surface area contributed by atoms with Crippen LogP contribution in [0.15, 0.2) is 42.5 Å². The first-order valence-electron chi connectivity index (χ1n) is 14.4. The number of aryl methyl sites for hydroxylation is 1. The van der Waals surface area contributed by atoms with E-state index in [2.05, 4.69) is 10.6 Å². The monoisotopic (exact) mass is 566 g/mol. The maximum absolute atomic E-state index is 13.3. The Bertz CT molecular complexity index is 1180. The standard InChI is InChI=1S/C31H42N4O6/c1-7-9-18-32-30(38)40-22(5)35(23(6)41-31(39)33-19-10-8-2)27-20(3)14-13-17-24(27)21(4)34-28(36)25-15-11-12-16-26(25)29(34)37/h11-17,21-23H,7-10,18-19H2,1-6H3,(H,32,38)(H,33,39). The maximum atomic E-state index is 13.3. The summed E-state index contributed by atoms with van der Waals surface area (Å²) in [6, 6.07) is 11.6. The molecule has 2 aromatic carbocycles. The summed E-state index contributed by atoms with van der Waals surface area (Å²) in [6.45, 7) is 12.0. The van der Waals surface area contributed by atoms with Gasteiger partial charge in [-0.2, -0.15) is 0 Å². The van der Waals surface area contributed by atoms with E-state index in [0.29, 0.717) is 35.5 Å². The number of alkyl carbamates (subject to hydrolysis) is 2. The highest BCUT2D eigenvalue weighted by Gasteiger charge is 2.40. The van der Waals surface area contributed by atoms with Crippen molar-refractivity contribution in [2.24, 2.45) is 0 Å². The number of carbonyl (C=O) groups excluding carboxylic acids is 4. The molecule has 3 unspecified atom stereocenters. The van der Waals surface area contributed by atoms with Crippen molar-refractivity contribution in [2.75, 3.05) is 18.0 Å². The fourth-order valence-electron chi connectivity index (χ4n) is 4.97. The first-order chi connectivity index (χ1) is 19.6. The van der Waals surface area contributed by atoms with Crippen LogP contribution in [0, 0.1) is 6.92 Å². The molecule has 0 bridgehead atoms. The van der Waals surface area contributed by atoms with E-state index in [4.69, 9.17) is 9.47 Å². The Morgan fingerprint density at radius 2 is 1.29 bits per heavy atom. The van der Waals surface area contributed by atoms with Gasteiger partial charge in [-0.3, -0.25) is 14.5 Å². The number of hydrogen-bond donors (Lipinski definition) is 2. The van der Waals surface area contributed by atoms with Crippen LogP contribution < -0.4 is 15.5 Å². The predicted octanol–water partition coefficient (Wildman–Crippen LogP) is 5.90. The van der Waals surface area contributed by atoms with Crippen LogP contribution in [0.5, 0.6) is 0 Å². The molecule has 222 valence electrons. The highest BCUT2D eigenvalue weighted by atomic mass is 16.6. The molecule has 2 aromatic rings. The third kappa shape index (κ3) is 7.36. The number of fused-ring (bicyclic) bond motifs is 1. The minimum absolute atomic E-state index is 0.358. The van der Waals surface area contributed by atoms with E-state index < -0.39 is 30.7 Å². The van der Waals surface area contributed by atoms with E-state index in [1.54, 1.807) is 49.9 Å². The second kappa shape index (κ2) is 14.5. The van der Waals surface area contributed by atoms with Crippen molar-refractivity contribution in [2.45, 2.75) is 85.7 Å². The molecule has 1 heterocycles. The summed E-state index contributed by atoms with van der Waals surface area (Å²) in [5.74, 6) is -0.757. The Morgan fingerprint density at radius 3 is 1.76 bits per heavy atom. The van der Waals surface area contributed by atoms with Crippen molar-refractivity contribution < 1.29 is 28.7 Å². The lowest BCUT2D eigenvalue weighted by Gasteiger charge is -2.38. The van der Waals surface area contributed by atoms with Crippen LogP contribution in [0.3, 0.4) is 0 Å². The van der Waals surface area contributed by atoms with E-state index >= 15 is 0 Å². The molecular formula is C31H42N4O6. The van der Waals surface area contributed by atoms with Gasteiger partial charge in [-0.05, 0) is 63.8 Å². The third-order valence-electron chi connectivity index (χ3n) is 7.13. The van der Waals surface area contributed by atoms with Crippen LogP contribution in [0.25, 0.3) is 0 Å². The summed E-state index contributed by atoms with van der Waals surface area (Å²) in [5.41, 5.74) is 2.74. The van der Waals surface area contributed by atoms with Crippen LogP contribution >= 0.6 is 0 Å². The minimum atomic E-state index is -0.871. The Labute approximate surface area is 242 Å². The van der Waals surface area contributed by atoms with Gasteiger partial charge in [-0.15, -0.1) is 0 Å². The summed E-state index contributed by atoms with van der Waals surface area (Å²) in [5, 5.41) is 5.50. The van der Waals surface area contributed by atoms with Gasteiger partial charge in [0.05, 0.1) is 22.9 Å². The molecule has 41 heavy (non-hydrogen) atoms. The first-order valence-corrected chi connectivity index (χ1v) is 14.4. The second-order valence-corrected chi connectivity index (χ2v) is 10.2. The Kier molecular flexibility index (Phi) is 11.1. The normalized spacial score (nSPS) is 14.6. The van der Waals surface area contributed by atoms with Gasteiger partial charge in [0.1, 0.15) is 0 Å². The molecule has 0 fully saturated rings. The fourth-order valence-corrected chi connectivity index (χ4v) is 4.97. The molecule has 1 aliphatic rings. The zero-order valence-electron chi connectivity index (χ0n) is 24.9. The van der Waals surface area contributed by atoms with Crippen LogP contribution in [0.2, 0.25) is 0 Å². The van der Waals surface area contributed by atoms with Crippen molar-refractivity contribution in [3.8, 4) is 0 Å². The highest BCUT2D eigenvalue weighted by molar-refractivity contribution is 6.21. The molecule has 0 saturated carbocycles. The van der Waals surface area contributed by atoms with Gasteiger partial charge < -0.3 is 25.0 Å². The maximum Gasteiger partial charge on any atom is 0.409 e. The van der Waals surface area contributed by atoms with Gasteiger partial charge in [0, 0.05) is 13.1 Å². The number of amides is 4. The van der Waals surface area contributed by atoms with Crippen molar-refractivity contribution in [1.82, 2.24) is 15.5 Å². The van der Waals surface area contributed by atoms with Gasteiger partial charge in [0.2, 0.25) is 0 Å². The largest absolute Gasteiger partial charge is 0.426 e. The number of nitrogens with zero attached hydrogens (tertiary/aromatic N) is 2. The lowest BCUT2D eigenvalue weighted by atomic mass is 9.99. The molecule has 0 radical (unpaired) electrons. The van der Waals surface area contributed by atoms with Crippen LogP contribution in [-0.2, 0) is 9.47 Å². The summed E-state index contributed by atoms with van der Waals surface area (Å²) in [7, 11) is 0. The van der Waals surface area contributed by atoms with E-state index in [1.807, 2.05) is 39.0 Å². The van der Waals surface area contributed by atoms with Gasteiger partial charge in [0.25, 0.3) is 11.8 Å². The average molecular weight is 567 g/mol. The Balaban J connectivity index is 1.99. The number of benzene rings is 2. The summed E-state index contributed by atoms with van der Waals surface area (Å²) >= 11 is 0. The number of unbranched alkanes of at least 4 members (excludes halogenated alkanes) is 2. The second-order valence-electron chi connectivity index (χ2n) is 10.2. The number of para-hydroxylation sites is 1. The molecule has 2 N–H and O–H groups in total. The number of ether oxygens (including phenoxy) is 2. The van der Waals surface area contributed by atoms with Crippen LogP contribution in [0.1, 0.15) is 98.2 Å². The van der Waals surface area contributed by atoms with Gasteiger partial charge in [-0.25, -0.2) is 9.59 Å². The SMILES string of the molecule is CCCCNC(=O)OC(C)N(c1c(C)cccc1C(C)N1C(=O)c2ccccc2C1=O)C(C)OC(=O)NCCCC. The van der Waals surface area contributed by atoms with Gasteiger partial charge in [-0.1, -0.05) is 57.0 Å². The first kappa shape index (κ1) is 31.4. The number of imide groups is 1. The zero-order chi connectivity index (χ0) is 30.1. The molecule has 0 saturated heterocycles. The molecule has 0 aliphatic carbocycles. The summed E-state index contributed by atoms with van der Waals surface area (Å²) < 4.78 is 11.5. The van der Waals surface area contributed by atoms with Crippen molar-refractivity contribution in [3.05, 3.63) is 64.7 Å². The van der Waals surface area contributed by atoms with Gasteiger partial charge in [0.15, 0.2) is 12.5 Å². The number of nitrogens with one attached hydrogen (secondary N) is 2. The van der Waals surface area contributed by atoms with Crippen molar-refractivity contribution in [3.63, 3.8) is 0 Å². The third-order valence-corrected chi connectivity index (χ3v) is 7.13.